The molecule has 2 aliphatic rings. The van der Waals surface area contributed by atoms with Crippen LogP contribution in [0.2, 0.25) is 0 Å². The van der Waals surface area contributed by atoms with E-state index in [9.17, 15) is 9.59 Å². The summed E-state index contributed by atoms with van der Waals surface area (Å²) in [7, 11) is 0. The minimum Gasteiger partial charge on any atom is -0.430 e. The molecule has 0 aromatic heterocycles. The highest BCUT2D eigenvalue weighted by molar-refractivity contribution is 5.61. The first kappa shape index (κ1) is 13.3. The average molecular weight is 255 g/mol. The molecule has 18 heavy (non-hydrogen) atoms. The summed E-state index contributed by atoms with van der Waals surface area (Å²) in [5, 5.41) is 1.44. The predicted molar refractivity (Wildman–Crippen MR) is 64.8 cm³/mol. The zero-order valence-electron chi connectivity index (χ0n) is 10.7. The van der Waals surface area contributed by atoms with E-state index in [-0.39, 0.29) is 12.1 Å². The number of carbonyl (C=O) groups excluding carboxylic acids is 2. The van der Waals surface area contributed by atoms with Crippen molar-refractivity contribution in [1.29, 1.82) is 0 Å². The molecular formula is C13H21NO4. The summed E-state index contributed by atoms with van der Waals surface area (Å²) in [4.78, 5) is 27.5. The van der Waals surface area contributed by atoms with E-state index in [1.54, 1.807) is 0 Å². The highest BCUT2D eigenvalue weighted by Crippen LogP contribution is 2.21. The second-order valence-corrected chi connectivity index (χ2v) is 5.06. The molecule has 1 aliphatic carbocycles. The molecule has 5 nitrogen and oxygen atoms in total. The monoisotopic (exact) mass is 255 g/mol. The molecule has 0 aromatic carbocycles. The van der Waals surface area contributed by atoms with Gasteiger partial charge in [0.05, 0.1) is 0 Å². The average Bonchev–Trinajstić information content (AvgIpc) is 2.64. The van der Waals surface area contributed by atoms with Crippen LogP contribution in [0.3, 0.4) is 0 Å². The molecule has 2 rings (SSSR count). The fourth-order valence-electron chi connectivity index (χ4n) is 2.63. The second kappa shape index (κ2) is 6.73. The van der Waals surface area contributed by atoms with E-state index in [0.717, 1.165) is 44.8 Å². The lowest BCUT2D eigenvalue weighted by Gasteiger charge is -2.21. The fraction of sp³-hybridized carbons (Fsp3) is 0.846. The van der Waals surface area contributed by atoms with Gasteiger partial charge in [-0.3, -0.25) is 0 Å². The summed E-state index contributed by atoms with van der Waals surface area (Å²) >= 11 is 0. The highest BCUT2D eigenvalue weighted by Gasteiger charge is 2.29. The zero-order valence-corrected chi connectivity index (χ0v) is 10.7. The lowest BCUT2D eigenvalue weighted by Crippen LogP contribution is -2.34. The quantitative estimate of drug-likeness (QED) is 0.440. The van der Waals surface area contributed by atoms with Crippen molar-refractivity contribution in [2.24, 2.45) is 0 Å². The molecule has 0 N–H and O–H groups in total. The lowest BCUT2D eigenvalue weighted by atomic mass is 10.2. The summed E-state index contributed by atoms with van der Waals surface area (Å²) in [6.07, 6.45) is 8.28. The maximum Gasteiger partial charge on any atom is 0.528 e. The third kappa shape index (κ3) is 3.70. The van der Waals surface area contributed by atoms with Crippen molar-refractivity contribution in [3.8, 4) is 0 Å². The van der Waals surface area contributed by atoms with E-state index in [0.29, 0.717) is 6.54 Å². The van der Waals surface area contributed by atoms with Gasteiger partial charge in [0.2, 0.25) is 0 Å². The van der Waals surface area contributed by atoms with Crippen molar-refractivity contribution in [2.45, 2.75) is 63.5 Å². The Balaban J connectivity index is 1.75. The van der Waals surface area contributed by atoms with Gasteiger partial charge in [0.25, 0.3) is 0 Å². The van der Waals surface area contributed by atoms with E-state index in [2.05, 4.69) is 0 Å². The van der Waals surface area contributed by atoms with Gasteiger partial charge in [-0.25, -0.2) is 4.79 Å². The molecule has 1 saturated carbocycles. The summed E-state index contributed by atoms with van der Waals surface area (Å²) < 4.78 is 5.31. The van der Waals surface area contributed by atoms with Gasteiger partial charge in [-0.05, 0) is 38.5 Å². The van der Waals surface area contributed by atoms with E-state index in [1.165, 1.54) is 17.9 Å². The van der Waals surface area contributed by atoms with Gasteiger partial charge in [-0.1, -0.05) is 12.8 Å². The van der Waals surface area contributed by atoms with Crippen LogP contribution in [-0.4, -0.2) is 36.2 Å². The summed E-state index contributed by atoms with van der Waals surface area (Å²) in [6.45, 7) is 0.614. The van der Waals surface area contributed by atoms with Gasteiger partial charge < -0.3 is 14.4 Å². The van der Waals surface area contributed by atoms with Gasteiger partial charge in [-0.15, -0.1) is 5.06 Å². The molecule has 0 spiro atoms. The van der Waals surface area contributed by atoms with Gasteiger partial charge in [0.15, 0.2) is 0 Å². The number of hydrogen-bond donors (Lipinski definition) is 0. The summed E-state index contributed by atoms with van der Waals surface area (Å²) in [6, 6.07) is -0.299. The lowest BCUT2D eigenvalue weighted by molar-refractivity contribution is -0.150. The predicted octanol–water partition coefficient (Wildman–Crippen LogP) is 2.44. The summed E-state index contributed by atoms with van der Waals surface area (Å²) in [5.41, 5.74) is 0. The third-order valence-electron chi connectivity index (χ3n) is 3.66. The Bertz CT molecular complexity index is 287. The van der Waals surface area contributed by atoms with Crippen LogP contribution in [0.25, 0.3) is 0 Å². The van der Waals surface area contributed by atoms with Gasteiger partial charge in [0, 0.05) is 6.54 Å². The zero-order chi connectivity index (χ0) is 12.8. The number of aldehydes is 1. The molecular weight excluding hydrogens is 234 g/mol. The maximum atomic E-state index is 11.6. The molecule has 0 bridgehead atoms. The van der Waals surface area contributed by atoms with Gasteiger partial charge in [0.1, 0.15) is 18.4 Å². The molecule has 102 valence electrons. The van der Waals surface area contributed by atoms with Crippen LogP contribution >= 0.6 is 0 Å². The van der Waals surface area contributed by atoms with Crippen molar-refractivity contribution in [2.75, 3.05) is 6.54 Å². The molecule has 0 radical (unpaired) electrons. The van der Waals surface area contributed by atoms with Gasteiger partial charge >= 0.3 is 6.16 Å². The minimum absolute atomic E-state index is 0.0164. The minimum atomic E-state index is -0.657. The van der Waals surface area contributed by atoms with Crippen molar-refractivity contribution < 1.29 is 19.2 Å². The molecule has 0 unspecified atom stereocenters. The number of nitrogens with zero attached hydrogens (tertiary/aromatic N) is 1. The van der Waals surface area contributed by atoms with Crippen LogP contribution in [0.15, 0.2) is 0 Å². The highest BCUT2D eigenvalue weighted by atomic mass is 16.8. The summed E-state index contributed by atoms with van der Waals surface area (Å²) in [5.74, 6) is 0. The SMILES string of the molecule is O=C[C@@H]1CCCN1OC(=O)OC1CCCCCC1. The fourth-order valence-corrected chi connectivity index (χ4v) is 2.63. The standard InChI is InChI=1S/C13H21NO4/c15-10-11-6-5-9-14(11)18-13(16)17-12-7-3-1-2-4-8-12/h10-12H,1-9H2/t11-/m0/s1. The maximum absolute atomic E-state index is 11.6. The van der Waals surface area contributed by atoms with Crippen molar-refractivity contribution in [3.05, 3.63) is 0 Å². The third-order valence-corrected chi connectivity index (χ3v) is 3.66. The van der Waals surface area contributed by atoms with Crippen LogP contribution in [0.4, 0.5) is 4.79 Å². The number of carbonyl (C=O) groups is 2. The Morgan fingerprint density at radius 1 is 1.06 bits per heavy atom. The van der Waals surface area contributed by atoms with E-state index < -0.39 is 6.16 Å². The molecule has 1 heterocycles. The first-order valence-corrected chi connectivity index (χ1v) is 6.90. The topological polar surface area (TPSA) is 55.8 Å². The normalized spacial score (nSPS) is 26.6. The van der Waals surface area contributed by atoms with E-state index in [1.807, 2.05) is 0 Å². The largest absolute Gasteiger partial charge is 0.528 e. The second-order valence-electron chi connectivity index (χ2n) is 5.06. The van der Waals surface area contributed by atoms with E-state index in [4.69, 9.17) is 9.57 Å². The number of hydrogen-bond acceptors (Lipinski definition) is 5. The van der Waals surface area contributed by atoms with Crippen LogP contribution in [-0.2, 0) is 14.4 Å². The van der Waals surface area contributed by atoms with Crippen LogP contribution < -0.4 is 0 Å². The van der Waals surface area contributed by atoms with Gasteiger partial charge in [-0.2, -0.15) is 0 Å². The van der Waals surface area contributed by atoms with Crippen LogP contribution in [0.5, 0.6) is 0 Å². The Morgan fingerprint density at radius 2 is 1.78 bits per heavy atom. The Hall–Kier alpha value is -1.10. The molecule has 5 heteroatoms. The molecule has 1 saturated heterocycles. The molecule has 1 aliphatic heterocycles. The Kier molecular flexibility index (Phi) is 4.99. The number of hydroxylamine groups is 2. The molecule has 1 atom stereocenters. The molecule has 0 amide bonds. The smallest absolute Gasteiger partial charge is 0.430 e. The molecule has 0 aromatic rings. The van der Waals surface area contributed by atoms with Crippen LogP contribution in [0, 0.1) is 0 Å². The van der Waals surface area contributed by atoms with Crippen molar-refractivity contribution >= 4 is 12.4 Å². The first-order valence-electron chi connectivity index (χ1n) is 6.90. The Labute approximate surface area is 107 Å². The van der Waals surface area contributed by atoms with Crippen molar-refractivity contribution in [1.82, 2.24) is 5.06 Å². The van der Waals surface area contributed by atoms with Crippen LogP contribution in [0.1, 0.15) is 51.4 Å². The number of ether oxygens (including phenoxy) is 1. The first-order chi connectivity index (χ1) is 8.79. The van der Waals surface area contributed by atoms with Crippen molar-refractivity contribution in [3.63, 3.8) is 0 Å². The number of rotatable bonds is 3. The van der Waals surface area contributed by atoms with E-state index >= 15 is 0 Å². The molecule has 2 fully saturated rings. The Morgan fingerprint density at radius 3 is 2.44 bits per heavy atom.